The van der Waals surface area contributed by atoms with Crippen molar-refractivity contribution in [3.8, 4) is 0 Å². The number of aliphatic hydroxyl groups is 3. The van der Waals surface area contributed by atoms with Crippen LogP contribution < -0.4 is 4.72 Å². The predicted octanol–water partition coefficient (Wildman–Crippen LogP) is -0.248. The van der Waals surface area contributed by atoms with E-state index in [0.717, 1.165) is 5.56 Å². The molecule has 0 saturated carbocycles. The Labute approximate surface area is 120 Å². The molecule has 1 aromatic rings. The van der Waals surface area contributed by atoms with Gasteiger partial charge in [-0.1, -0.05) is 6.07 Å². The molecule has 0 radical (unpaired) electrons. The molecule has 8 heteroatoms. The van der Waals surface area contributed by atoms with Crippen LogP contribution in [0, 0.1) is 6.92 Å². The Kier molecular flexibility index (Phi) is 5.48. The predicted molar refractivity (Wildman–Crippen MR) is 73.2 cm³/mol. The molecule has 1 aromatic carbocycles. The number of aliphatic hydroxyl groups excluding tert-OH is 3. The highest BCUT2D eigenvalue weighted by Crippen LogP contribution is 2.24. The summed E-state index contributed by atoms with van der Waals surface area (Å²) in [6, 6.07) is 4.66. The maximum Gasteiger partial charge on any atom is 0.242 e. The summed E-state index contributed by atoms with van der Waals surface area (Å²) >= 11 is 3.15. The molecule has 4 N–H and O–H groups in total. The lowest BCUT2D eigenvalue weighted by molar-refractivity contribution is 0.0582. The van der Waals surface area contributed by atoms with Gasteiger partial charge in [0.15, 0.2) is 0 Å². The summed E-state index contributed by atoms with van der Waals surface area (Å²) in [6.45, 7) is -0.345. The number of rotatable bonds is 6. The molecule has 0 unspecified atom stereocenters. The van der Waals surface area contributed by atoms with Crippen LogP contribution in [-0.2, 0) is 10.0 Å². The fourth-order valence-corrected chi connectivity index (χ4v) is 3.98. The third-order valence-corrected chi connectivity index (χ3v) is 5.19. The fraction of sp³-hybridized carbons (Fsp3) is 0.455. The number of sulfonamides is 1. The first-order valence-electron chi connectivity index (χ1n) is 5.43. The minimum atomic E-state index is -3.98. The maximum absolute atomic E-state index is 12.2. The average molecular weight is 354 g/mol. The highest BCUT2D eigenvalue weighted by molar-refractivity contribution is 9.10. The van der Waals surface area contributed by atoms with Crippen LogP contribution in [0.15, 0.2) is 27.6 Å². The summed E-state index contributed by atoms with van der Waals surface area (Å²) in [6.07, 6.45) is 0. The lowest BCUT2D eigenvalue weighted by Crippen LogP contribution is -2.56. The van der Waals surface area contributed by atoms with Crippen LogP contribution in [0.3, 0.4) is 0 Å². The molecule has 0 spiro atoms. The molecule has 0 aromatic heterocycles. The van der Waals surface area contributed by atoms with Gasteiger partial charge < -0.3 is 15.3 Å². The average Bonchev–Trinajstić information content (AvgIpc) is 2.35. The van der Waals surface area contributed by atoms with Gasteiger partial charge in [-0.25, -0.2) is 8.42 Å². The van der Waals surface area contributed by atoms with E-state index < -0.39 is 35.4 Å². The van der Waals surface area contributed by atoms with E-state index in [9.17, 15) is 8.42 Å². The van der Waals surface area contributed by atoms with Gasteiger partial charge in [-0.05, 0) is 40.5 Å². The Bertz CT molecular complexity index is 534. The second-order valence-corrected chi connectivity index (χ2v) is 6.80. The smallest absolute Gasteiger partial charge is 0.242 e. The molecule has 19 heavy (non-hydrogen) atoms. The minimum Gasteiger partial charge on any atom is -0.394 e. The lowest BCUT2D eigenvalue weighted by Gasteiger charge is -2.28. The molecule has 0 bridgehead atoms. The van der Waals surface area contributed by atoms with Gasteiger partial charge in [-0.3, -0.25) is 0 Å². The topological polar surface area (TPSA) is 107 Å². The number of nitrogens with one attached hydrogen (secondary N) is 1. The number of aryl methyl sites for hydroxylation is 1. The van der Waals surface area contributed by atoms with Crippen molar-refractivity contribution in [3.63, 3.8) is 0 Å². The van der Waals surface area contributed by atoms with Gasteiger partial charge >= 0.3 is 0 Å². The van der Waals surface area contributed by atoms with Crippen LogP contribution in [0.5, 0.6) is 0 Å². The first kappa shape index (κ1) is 16.5. The summed E-state index contributed by atoms with van der Waals surface area (Å²) in [4.78, 5) is -0.0298. The van der Waals surface area contributed by atoms with E-state index in [0.29, 0.717) is 4.47 Å². The Hall–Kier alpha value is -0.510. The number of hydrogen-bond acceptors (Lipinski definition) is 5. The Morgan fingerprint density at radius 1 is 1.21 bits per heavy atom. The SMILES string of the molecule is Cc1ccc(S(=O)(=O)NC(CO)(CO)CO)c(Br)c1. The second kappa shape index (κ2) is 6.29. The number of hydrogen-bond donors (Lipinski definition) is 4. The van der Waals surface area contributed by atoms with Crippen molar-refractivity contribution >= 4 is 26.0 Å². The zero-order chi connectivity index (χ0) is 14.7. The number of benzene rings is 1. The molecular weight excluding hydrogens is 338 g/mol. The molecule has 0 amide bonds. The van der Waals surface area contributed by atoms with Crippen LogP contribution in [-0.4, -0.2) is 49.1 Å². The van der Waals surface area contributed by atoms with Crippen molar-refractivity contribution in [2.45, 2.75) is 17.4 Å². The first-order valence-corrected chi connectivity index (χ1v) is 7.70. The third-order valence-electron chi connectivity index (χ3n) is 2.64. The summed E-state index contributed by atoms with van der Waals surface area (Å²) in [5, 5.41) is 27.4. The maximum atomic E-state index is 12.2. The highest BCUT2D eigenvalue weighted by Gasteiger charge is 2.34. The Morgan fingerprint density at radius 3 is 2.16 bits per heavy atom. The van der Waals surface area contributed by atoms with Crippen LogP contribution in [0.4, 0.5) is 0 Å². The van der Waals surface area contributed by atoms with Gasteiger partial charge in [-0.15, -0.1) is 0 Å². The molecule has 0 heterocycles. The zero-order valence-corrected chi connectivity index (χ0v) is 12.7. The van der Waals surface area contributed by atoms with E-state index in [1.54, 1.807) is 12.1 Å². The highest BCUT2D eigenvalue weighted by atomic mass is 79.9. The van der Waals surface area contributed by atoms with Crippen LogP contribution in [0.2, 0.25) is 0 Å². The van der Waals surface area contributed by atoms with Crippen LogP contribution in [0.25, 0.3) is 0 Å². The molecule has 0 aliphatic heterocycles. The van der Waals surface area contributed by atoms with Crippen LogP contribution in [0.1, 0.15) is 5.56 Å². The molecule has 0 saturated heterocycles. The van der Waals surface area contributed by atoms with E-state index in [4.69, 9.17) is 15.3 Å². The summed E-state index contributed by atoms with van der Waals surface area (Å²) < 4.78 is 26.9. The van der Waals surface area contributed by atoms with Gasteiger partial charge in [0, 0.05) is 4.47 Å². The molecule has 0 atom stereocenters. The van der Waals surface area contributed by atoms with E-state index in [-0.39, 0.29) is 4.90 Å². The Morgan fingerprint density at radius 2 is 1.74 bits per heavy atom. The standard InChI is InChI=1S/C11H16BrNO5S/c1-8-2-3-10(9(12)4-8)19(17,18)13-11(5-14,6-15)7-16/h2-4,13-16H,5-7H2,1H3. The summed E-state index contributed by atoms with van der Waals surface area (Å²) in [7, 11) is -3.98. The second-order valence-electron chi connectivity index (χ2n) is 4.29. The number of halogens is 1. The normalized spacial score (nSPS) is 12.7. The fourth-order valence-electron chi connectivity index (χ4n) is 1.41. The van der Waals surface area contributed by atoms with Crippen molar-refractivity contribution in [2.24, 2.45) is 0 Å². The van der Waals surface area contributed by atoms with E-state index in [1.807, 2.05) is 6.92 Å². The lowest BCUT2D eigenvalue weighted by atomic mass is 10.1. The van der Waals surface area contributed by atoms with Gasteiger partial charge in [-0.2, -0.15) is 4.72 Å². The van der Waals surface area contributed by atoms with Crippen molar-refractivity contribution in [2.75, 3.05) is 19.8 Å². The molecule has 6 nitrogen and oxygen atoms in total. The quantitative estimate of drug-likeness (QED) is 0.564. The molecular formula is C11H16BrNO5S. The molecule has 0 aliphatic carbocycles. The van der Waals surface area contributed by atoms with Crippen molar-refractivity contribution in [1.29, 1.82) is 0 Å². The van der Waals surface area contributed by atoms with Crippen molar-refractivity contribution < 1.29 is 23.7 Å². The van der Waals surface area contributed by atoms with E-state index in [2.05, 4.69) is 20.7 Å². The Balaban J connectivity index is 3.17. The van der Waals surface area contributed by atoms with E-state index >= 15 is 0 Å². The van der Waals surface area contributed by atoms with Gasteiger partial charge in [0.25, 0.3) is 0 Å². The monoisotopic (exact) mass is 353 g/mol. The van der Waals surface area contributed by atoms with Gasteiger partial charge in [0.05, 0.1) is 24.7 Å². The summed E-state index contributed by atoms with van der Waals surface area (Å²) in [5.41, 5.74) is -0.813. The van der Waals surface area contributed by atoms with Gasteiger partial charge in [0.2, 0.25) is 10.0 Å². The molecule has 0 aliphatic rings. The minimum absolute atomic E-state index is 0.0298. The largest absolute Gasteiger partial charge is 0.394 e. The summed E-state index contributed by atoms with van der Waals surface area (Å²) in [5.74, 6) is 0. The van der Waals surface area contributed by atoms with Crippen molar-refractivity contribution in [1.82, 2.24) is 4.72 Å². The van der Waals surface area contributed by atoms with E-state index in [1.165, 1.54) is 6.07 Å². The first-order chi connectivity index (χ1) is 8.80. The van der Waals surface area contributed by atoms with Gasteiger partial charge in [0.1, 0.15) is 5.54 Å². The zero-order valence-electron chi connectivity index (χ0n) is 10.3. The molecule has 108 valence electrons. The molecule has 0 fully saturated rings. The van der Waals surface area contributed by atoms with Crippen LogP contribution >= 0.6 is 15.9 Å². The third kappa shape index (κ3) is 3.74. The molecule has 1 rings (SSSR count). The van der Waals surface area contributed by atoms with Crippen molar-refractivity contribution in [3.05, 3.63) is 28.2 Å².